The molecule has 0 amide bonds. The fourth-order valence-corrected chi connectivity index (χ4v) is 3.09. The van der Waals surface area contributed by atoms with Gasteiger partial charge in [-0.1, -0.05) is 13.0 Å². The third-order valence-electron chi connectivity index (χ3n) is 3.22. The number of carbonyl (C=O) groups is 1. The molecule has 17 heavy (non-hydrogen) atoms. The van der Waals surface area contributed by atoms with Crippen molar-refractivity contribution in [3.05, 3.63) is 22.4 Å². The van der Waals surface area contributed by atoms with E-state index in [0.29, 0.717) is 6.61 Å². The summed E-state index contributed by atoms with van der Waals surface area (Å²) < 4.78 is 5.52. The van der Waals surface area contributed by atoms with E-state index >= 15 is 0 Å². The second kappa shape index (κ2) is 5.44. The molecule has 3 nitrogen and oxygen atoms in total. The Balaban J connectivity index is 2.16. The van der Waals surface area contributed by atoms with E-state index < -0.39 is 5.92 Å². The first-order valence-corrected chi connectivity index (χ1v) is 6.74. The number of ketones is 1. The molecule has 90 valence electrons. The van der Waals surface area contributed by atoms with Crippen molar-refractivity contribution in [2.24, 2.45) is 5.92 Å². The van der Waals surface area contributed by atoms with Crippen LogP contribution in [0.3, 0.4) is 0 Å². The lowest BCUT2D eigenvalue weighted by molar-refractivity contribution is -0.124. The van der Waals surface area contributed by atoms with E-state index in [4.69, 9.17) is 4.74 Å². The van der Waals surface area contributed by atoms with Crippen LogP contribution in [0.25, 0.3) is 0 Å². The molecule has 2 heterocycles. The van der Waals surface area contributed by atoms with E-state index in [1.165, 1.54) is 11.3 Å². The zero-order valence-corrected chi connectivity index (χ0v) is 10.6. The van der Waals surface area contributed by atoms with Crippen LogP contribution >= 0.6 is 11.3 Å². The number of hydrogen-bond donors (Lipinski definition) is 0. The molecule has 0 spiro atoms. The van der Waals surface area contributed by atoms with E-state index in [0.717, 1.165) is 17.7 Å². The van der Waals surface area contributed by atoms with Crippen molar-refractivity contribution < 1.29 is 9.53 Å². The first-order chi connectivity index (χ1) is 8.27. The van der Waals surface area contributed by atoms with Crippen LogP contribution in [-0.4, -0.2) is 18.5 Å². The van der Waals surface area contributed by atoms with Crippen LogP contribution < -0.4 is 0 Å². The highest BCUT2D eigenvalue weighted by Crippen LogP contribution is 2.31. The number of rotatable bonds is 4. The second-order valence-electron chi connectivity index (χ2n) is 4.19. The summed E-state index contributed by atoms with van der Waals surface area (Å²) in [6, 6.07) is 5.86. The summed E-state index contributed by atoms with van der Waals surface area (Å²) in [5.41, 5.74) is 0. The van der Waals surface area contributed by atoms with Crippen molar-refractivity contribution in [2.45, 2.75) is 31.8 Å². The van der Waals surface area contributed by atoms with Crippen LogP contribution in [-0.2, 0) is 9.53 Å². The second-order valence-corrected chi connectivity index (χ2v) is 5.17. The molecule has 3 unspecified atom stereocenters. The van der Waals surface area contributed by atoms with Gasteiger partial charge in [-0.3, -0.25) is 4.79 Å². The maximum Gasteiger partial charge on any atom is 0.161 e. The molecule has 1 aromatic heterocycles. The van der Waals surface area contributed by atoms with Gasteiger partial charge >= 0.3 is 0 Å². The summed E-state index contributed by atoms with van der Waals surface area (Å²) >= 11 is 1.47. The van der Waals surface area contributed by atoms with Crippen LogP contribution in [0, 0.1) is 17.2 Å². The van der Waals surface area contributed by atoms with Gasteiger partial charge in [-0.05, 0) is 24.3 Å². The molecule has 1 aliphatic rings. The Morgan fingerprint density at radius 1 is 1.76 bits per heavy atom. The van der Waals surface area contributed by atoms with Crippen LogP contribution in [0.5, 0.6) is 0 Å². The minimum atomic E-state index is -0.615. The standard InChI is InChI=1S/C13H15NO2S/c1-2-11-9(5-6-16-11)13(15)10(8-14)12-4-3-7-17-12/h3-4,7,9-11H,2,5-6H2,1H3. The fourth-order valence-electron chi connectivity index (χ4n) is 2.31. The van der Waals surface area contributed by atoms with Gasteiger partial charge in [0.1, 0.15) is 5.92 Å². The molecule has 3 atom stereocenters. The van der Waals surface area contributed by atoms with Crippen molar-refractivity contribution in [1.29, 1.82) is 5.26 Å². The Morgan fingerprint density at radius 3 is 3.18 bits per heavy atom. The number of nitrogens with zero attached hydrogens (tertiary/aromatic N) is 1. The van der Waals surface area contributed by atoms with Gasteiger partial charge in [-0.2, -0.15) is 5.26 Å². The molecule has 0 N–H and O–H groups in total. The Bertz CT molecular complexity index is 421. The Kier molecular flexibility index (Phi) is 3.93. The zero-order chi connectivity index (χ0) is 12.3. The topological polar surface area (TPSA) is 50.1 Å². The van der Waals surface area contributed by atoms with Gasteiger partial charge in [0.2, 0.25) is 0 Å². The first kappa shape index (κ1) is 12.3. The van der Waals surface area contributed by atoms with Crippen LogP contribution in [0.1, 0.15) is 30.6 Å². The first-order valence-electron chi connectivity index (χ1n) is 5.86. The number of carbonyl (C=O) groups excluding carboxylic acids is 1. The van der Waals surface area contributed by atoms with Gasteiger partial charge in [-0.25, -0.2) is 0 Å². The van der Waals surface area contributed by atoms with Gasteiger partial charge in [0.05, 0.1) is 12.2 Å². The Labute approximate surface area is 105 Å². The third-order valence-corrected chi connectivity index (χ3v) is 4.16. The predicted molar refractivity (Wildman–Crippen MR) is 65.8 cm³/mol. The highest BCUT2D eigenvalue weighted by atomic mass is 32.1. The van der Waals surface area contributed by atoms with Crippen molar-refractivity contribution in [1.82, 2.24) is 0 Å². The normalized spacial score (nSPS) is 25.4. The molecular weight excluding hydrogens is 234 g/mol. The maximum atomic E-state index is 12.3. The predicted octanol–water partition coefficient (Wildman–Crippen LogP) is 2.74. The van der Waals surface area contributed by atoms with Crippen molar-refractivity contribution in [3.8, 4) is 6.07 Å². The van der Waals surface area contributed by atoms with E-state index in [2.05, 4.69) is 6.07 Å². The lowest BCUT2D eigenvalue weighted by Gasteiger charge is -2.17. The fraction of sp³-hybridized carbons (Fsp3) is 0.538. The number of nitriles is 1. The lowest BCUT2D eigenvalue weighted by Crippen LogP contribution is -2.27. The molecule has 0 aliphatic carbocycles. The summed E-state index contributed by atoms with van der Waals surface area (Å²) in [7, 11) is 0. The van der Waals surface area contributed by atoms with E-state index in [9.17, 15) is 10.1 Å². The van der Waals surface area contributed by atoms with Crippen LogP contribution in [0.15, 0.2) is 17.5 Å². The Hall–Kier alpha value is -1.18. The summed E-state index contributed by atoms with van der Waals surface area (Å²) in [6.45, 7) is 2.65. The smallest absolute Gasteiger partial charge is 0.161 e. The highest BCUT2D eigenvalue weighted by molar-refractivity contribution is 7.10. The summed E-state index contributed by atoms with van der Waals surface area (Å²) in [6.07, 6.45) is 1.58. The average molecular weight is 249 g/mol. The molecule has 0 radical (unpaired) electrons. The minimum absolute atomic E-state index is 0.00156. The number of hydrogen-bond acceptors (Lipinski definition) is 4. The molecule has 0 aromatic carbocycles. The molecule has 1 fully saturated rings. The maximum absolute atomic E-state index is 12.3. The quantitative estimate of drug-likeness (QED) is 0.824. The monoisotopic (exact) mass is 249 g/mol. The van der Waals surface area contributed by atoms with E-state index in [1.54, 1.807) is 0 Å². The van der Waals surface area contributed by atoms with E-state index in [1.807, 2.05) is 24.4 Å². The minimum Gasteiger partial charge on any atom is -0.377 e. The van der Waals surface area contributed by atoms with Gasteiger partial charge in [0, 0.05) is 17.4 Å². The molecule has 1 aromatic rings. The van der Waals surface area contributed by atoms with Gasteiger partial charge in [-0.15, -0.1) is 11.3 Å². The third kappa shape index (κ3) is 2.41. The molecule has 1 saturated heterocycles. The summed E-state index contributed by atoms with van der Waals surface area (Å²) in [5.74, 6) is -0.693. The number of ether oxygens (including phenoxy) is 1. The molecule has 1 aliphatic heterocycles. The highest BCUT2D eigenvalue weighted by Gasteiger charge is 2.37. The Morgan fingerprint density at radius 2 is 2.59 bits per heavy atom. The SMILES string of the molecule is CCC1OCCC1C(=O)C(C#N)c1cccs1. The average Bonchev–Trinajstić information content (AvgIpc) is 3.00. The molecule has 4 heteroatoms. The van der Waals surface area contributed by atoms with Crippen LogP contribution in [0.2, 0.25) is 0 Å². The molecule has 0 saturated carbocycles. The van der Waals surface area contributed by atoms with Crippen molar-refractivity contribution in [3.63, 3.8) is 0 Å². The number of Topliss-reactive ketones (excluding diaryl/α,β-unsaturated/α-hetero) is 1. The molecule has 0 bridgehead atoms. The lowest BCUT2D eigenvalue weighted by atomic mass is 9.87. The molecular formula is C13H15NO2S. The van der Waals surface area contributed by atoms with Crippen molar-refractivity contribution >= 4 is 17.1 Å². The van der Waals surface area contributed by atoms with E-state index in [-0.39, 0.29) is 17.8 Å². The summed E-state index contributed by atoms with van der Waals surface area (Å²) in [4.78, 5) is 13.2. The number of thiophene rings is 1. The van der Waals surface area contributed by atoms with Gasteiger partial charge in [0.15, 0.2) is 5.78 Å². The van der Waals surface area contributed by atoms with Gasteiger partial charge in [0.25, 0.3) is 0 Å². The largest absolute Gasteiger partial charge is 0.377 e. The van der Waals surface area contributed by atoms with Gasteiger partial charge < -0.3 is 4.74 Å². The van der Waals surface area contributed by atoms with Crippen molar-refractivity contribution in [2.75, 3.05) is 6.61 Å². The summed E-state index contributed by atoms with van der Waals surface area (Å²) in [5, 5.41) is 11.1. The van der Waals surface area contributed by atoms with Crippen LogP contribution in [0.4, 0.5) is 0 Å². The zero-order valence-electron chi connectivity index (χ0n) is 9.76. The molecule has 2 rings (SSSR count).